The molecule has 0 atom stereocenters. The van der Waals surface area contributed by atoms with Gasteiger partial charge in [-0.2, -0.15) is 0 Å². The van der Waals surface area contributed by atoms with Gasteiger partial charge in [-0.1, -0.05) is 11.2 Å². The minimum atomic E-state index is -0.422. The molecule has 0 aromatic carbocycles. The number of carbonyl (C=O) groups is 1. The molecule has 12 heavy (non-hydrogen) atoms. The molecule has 0 saturated carbocycles. The molecule has 1 aromatic heterocycles. The molecular formula is C8H9NO3. The van der Waals surface area contributed by atoms with E-state index in [2.05, 4.69) is 9.89 Å². The molecule has 0 amide bonds. The highest BCUT2D eigenvalue weighted by Gasteiger charge is 2.13. The van der Waals surface area contributed by atoms with Gasteiger partial charge in [0.15, 0.2) is 5.76 Å². The lowest BCUT2D eigenvalue weighted by Crippen LogP contribution is -2.02. The topological polar surface area (TPSA) is 52.3 Å². The summed E-state index contributed by atoms with van der Waals surface area (Å²) in [5.41, 5.74) is 0.384. The summed E-state index contributed by atoms with van der Waals surface area (Å²) in [5.74, 6) is -0.00130. The Labute approximate surface area is 69.8 Å². The number of methoxy groups -OCH3 is 1. The number of allylic oxidation sites excluding steroid dienone is 1. The first-order chi connectivity index (χ1) is 5.79. The van der Waals surface area contributed by atoms with Crippen LogP contribution >= 0.6 is 0 Å². The largest absolute Gasteiger partial charge is 0.465 e. The Bertz CT molecular complexity index is 287. The van der Waals surface area contributed by atoms with Crippen molar-refractivity contribution in [3.8, 4) is 0 Å². The van der Waals surface area contributed by atoms with Gasteiger partial charge in [0.25, 0.3) is 0 Å². The molecule has 64 valence electrons. The van der Waals surface area contributed by atoms with Crippen LogP contribution < -0.4 is 0 Å². The maximum absolute atomic E-state index is 11.1. The molecule has 0 radical (unpaired) electrons. The van der Waals surface area contributed by atoms with E-state index in [-0.39, 0.29) is 0 Å². The van der Waals surface area contributed by atoms with Gasteiger partial charge in [0.1, 0.15) is 5.57 Å². The summed E-state index contributed by atoms with van der Waals surface area (Å²) in [6.07, 6.45) is 3.09. The SMILES string of the molecule is CC=C(C(=O)OC)c1ccno1. The molecule has 0 unspecified atom stereocenters. The van der Waals surface area contributed by atoms with Crippen molar-refractivity contribution >= 4 is 11.5 Å². The van der Waals surface area contributed by atoms with Crippen molar-refractivity contribution in [2.75, 3.05) is 7.11 Å². The van der Waals surface area contributed by atoms with Gasteiger partial charge < -0.3 is 9.26 Å². The van der Waals surface area contributed by atoms with Gasteiger partial charge in [0.05, 0.1) is 13.3 Å². The third-order valence-corrected chi connectivity index (χ3v) is 1.40. The molecule has 0 aliphatic carbocycles. The van der Waals surface area contributed by atoms with E-state index in [0.29, 0.717) is 11.3 Å². The lowest BCUT2D eigenvalue weighted by Gasteiger charge is -1.98. The van der Waals surface area contributed by atoms with E-state index in [1.54, 1.807) is 19.1 Å². The van der Waals surface area contributed by atoms with Gasteiger partial charge in [0, 0.05) is 6.07 Å². The Morgan fingerprint density at radius 2 is 2.50 bits per heavy atom. The van der Waals surface area contributed by atoms with Crippen molar-refractivity contribution in [3.05, 3.63) is 24.1 Å². The predicted molar refractivity (Wildman–Crippen MR) is 42.2 cm³/mol. The maximum Gasteiger partial charge on any atom is 0.341 e. The molecule has 0 aliphatic rings. The standard InChI is InChI=1S/C8H9NO3/c1-3-6(8(10)11-2)7-4-5-9-12-7/h3-5H,1-2H3. The van der Waals surface area contributed by atoms with Gasteiger partial charge in [-0.25, -0.2) is 4.79 Å². The van der Waals surface area contributed by atoms with Crippen molar-refractivity contribution in [3.63, 3.8) is 0 Å². The predicted octanol–water partition coefficient (Wildman–Crippen LogP) is 1.25. The fraction of sp³-hybridized carbons (Fsp3) is 0.250. The van der Waals surface area contributed by atoms with E-state index >= 15 is 0 Å². The van der Waals surface area contributed by atoms with E-state index in [1.807, 2.05) is 0 Å². The zero-order chi connectivity index (χ0) is 8.97. The molecule has 0 bridgehead atoms. The lowest BCUT2D eigenvalue weighted by atomic mass is 10.2. The van der Waals surface area contributed by atoms with Crippen LogP contribution in [0.25, 0.3) is 5.57 Å². The van der Waals surface area contributed by atoms with Crippen LogP contribution in [0.3, 0.4) is 0 Å². The fourth-order valence-corrected chi connectivity index (χ4v) is 0.825. The molecule has 0 N–H and O–H groups in total. The normalized spacial score (nSPS) is 11.3. The highest BCUT2D eigenvalue weighted by molar-refractivity contribution is 6.15. The Balaban J connectivity index is 2.93. The van der Waals surface area contributed by atoms with Crippen LogP contribution in [0.1, 0.15) is 12.7 Å². The Morgan fingerprint density at radius 3 is 2.92 bits per heavy atom. The van der Waals surface area contributed by atoms with Crippen LogP contribution in [0.5, 0.6) is 0 Å². The van der Waals surface area contributed by atoms with Crippen molar-refractivity contribution in [2.45, 2.75) is 6.92 Å². The molecule has 0 saturated heterocycles. The summed E-state index contributed by atoms with van der Waals surface area (Å²) in [6.45, 7) is 1.73. The zero-order valence-electron chi connectivity index (χ0n) is 6.90. The number of nitrogens with zero attached hydrogens (tertiary/aromatic N) is 1. The molecule has 1 aromatic rings. The molecule has 0 aliphatic heterocycles. The number of carbonyl (C=O) groups excluding carboxylic acids is 1. The lowest BCUT2D eigenvalue weighted by molar-refractivity contribution is -0.133. The fourth-order valence-electron chi connectivity index (χ4n) is 0.825. The first-order valence-corrected chi connectivity index (χ1v) is 3.45. The van der Waals surface area contributed by atoms with Crippen molar-refractivity contribution in [1.82, 2.24) is 5.16 Å². The number of rotatable bonds is 2. The van der Waals surface area contributed by atoms with Crippen molar-refractivity contribution in [2.24, 2.45) is 0 Å². The summed E-state index contributed by atoms with van der Waals surface area (Å²) in [7, 11) is 1.32. The Morgan fingerprint density at radius 1 is 1.75 bits per heavy atom. The number of hydrogen-bond donors (Lipinski definition) is 0. The summed E-state index contributed by atoms with van der Waals surface area (Å²) in [5, 5.41) is 3.48. The average molecular weight is 167 g/mol. The second-order valence-electron chi connectivity index (χ2n) is 2.07. The van der Waals surface area contributed by atoms with Crippen molar-refractivity contribution < 1.29 is 14.1 Å². The first kappa shape index (κ1) is 8.52. The highest BCUT2D eigenvalue weighted by Crippen LogP contribution is 2.14. The second kappa shape index (κ2) is 3.71. The number of aromatic nitrogens is 1. The number of ether oxygens (including phenoxy) is 1. The van der Waals surface area contributed by atoms with Crippen LogP contribution in [-0.4, -0.2) is 18.2 Å². The van der Waals surface area contributed by atoms with Crippen LogP contribution in [0.2, 0.25) is 0 Å². The Kier molecular flexibility index (Phi) is 2.63. The van der Waals surface area contributed by atoms with Gasteiger partial charge in [-0.15, -0.1) is 0 Å². The molecule has 1 rings (SSSR count). The van der Waals surface area contributed by atoms with Crippen LogP contribution in [0.4, 0.5) is 0 Å². The van der Waals surface area contributed by atoms with Gasteiger partial charge in [0.2, 0.25) is 0 Å². The maximum atomic E-state index is 11.1. The molecule has 4 heteroatoms. The second-order valence-corrected chi connectivity index (χ2v) is 2.07. The zero-order valence-corrected chi connectivity index (χ0v) is 6.90. The molecule has 0 spiro atoms. The van der Waals surface area contributed by atoms with Crippen LogP contribution in [-0.2, 0) is 9.53 Å². The number of hydrogen-bond acceptors (Lipinski definition) is 4. The molecular weight excluding hydrogens is 158 g/mol. The smallest absolute Gasteiger partial charge is 0.341 e. The van der Waals surface area contributed by atoms with E-state index in [9.17, 15) is 4.79 Å². The number of esters is 1. The third kappa shape index (κ3) is 1.53. The van der Waals surface area contributed by atoms with E-state index in [4.69, 9.17) is 4.52 Å². The summed E-state index contributed by atoms with van der Waals surface area (Å²) in [6, 6.07) is 1.60. The quantitative estimate of drug-likeness (QED) is 0.491. The first-order valence-electron chi connectivity index (χ1n) is 3.45. The monoisotopic (exact) mass is 167 g/mol. The van der Waals surface area contributed by atoms with Crippen LogP contribution in [0.15, 0.2) is 22.9 Å². The third-order valence-electron chi connectivity index (χ3n) is 1.40. The average Bonchev–Trinajstić information content (AvgIpc) is 2.58. The van der Waals surface area contributed by atoms with Gasteiger partial charge >= 0.3 is 5.97 Å². The van der Waals surface area contributed by atoms with Crippen molar-refractivity contribution in [1.29, 1.82) is 0 Å². The Hall–Kier alpha value is -1.58. The van der Waals surface area contributed by atoms with E-state index in [0.717, 1.165) is 0 Å². The molecule has 0 fully saturated rings. The minimum absolute atomic E-state index is 0.384. The molecule has 4 nitrogen and oxygen atoms in total. The minimum Gasteiger partial charge on any atom is -0.465 e. The highest BCUT2D eigenvalue weighted by atomic mass is 16.5. The van der Waals surface area contributed by atoms with Crippen LogP contribution in [0, 0.1) is 0 Å². The summed E-state index contributed by atoms with van der Waals surface area (Å²) in [4.78, 5) is 11.1. The molecule has 1 heterocycles. The van der Waals surface area contributed by atoms with Gasteiger partial charge in [-0.05, 0) is 6.92 Å². The summed E-state index contributed by atoms with van der Waals surface area (Å²) >= 11 is 0. The summed E-state index contributed by atoms with van der Waals surface area (Å²) < 4.78 is 9.32. The van der Waals surface area contributed by atoms with E-state index < -0.39 is 5.97 Å². The van der Waals surface area contributed by atoms with Gasteiger partial charge in [-0.3, -0.25) is 0 Å². The van der Waals surface area contributed by atoms with E-state index in [1.165, 1.54) is 13.3 Å².